The van der Waals surface area contributed by atoms with E-state index >= 15 is 0 Å². The summed E-state index contributed by atoms with van der Waals surface area (Å²) in [6.45, 7) is 0.962. The molecule has 7 nitrogen and oxygen atoms in total. The number of benzene rings is 1. The number of imidazole rings is 1. The number of hydrogen-bond donors (Lipinski definition) is 2. The lowest BCUT2D eigenvalue weighted by atomic mass is 10.1. The zero-order chi connectivity index (χ0) is 18.4. The first-order chi connectivity index (χ1) is 12.6. The van der Waals surface area contributed by atoms with Gasteiger partial charge in [-0.3, -0.25) is 19.1 Å². The number of amides is 1. The largest absolute Gasteiger partial charge is 0.356 e. The Kier molecular flexibility index (Phi) is 5.58. The van der Waals surface area contributed by atoms with Gasteiger partial charge in [0.05, 0.1) is 11.0 Å². The Morgan fingerprint density at radius 3 is 2.77 bits per heavy atom. The standard InChI is InChI=1S/C19H20N4O3/c24-17(14-5-3-10-20-13-14)8-9-18(25)21-11-4-12-23-16-7-2-1-6-15(16)22-19(23)26/h1-3,5-7,10,13H,4,8-9,11-12H2,(H,21,25)(H,22,26). The Hall–Kier alpha value is -3.22. The third kappa shape index (κ3) is 4.24. The quantitative estimate of drug-likeness (QED) is 0.478. The number of carbonyl (C=O) groups is 2. The zero-order valence-electron chi connectivity index (χ0n) is 14.3. The maximum atomic E-state index is 12.0. The van der Waals surface area contributed by atoms with Gasteiger partial charge in [-0.15, -0.1) is 0 Å². The molecule has 2 aromatic heterocycles. The number of H-pyrrole nitrogens is 1. The molecule has 0 aliphatic rings. The van der Waals surface area contributed by atoms with Crippen LogP contribution in [0.4, 0.5) is 0 Å². The summed E-state index contributed by atoms with van der Waals surface area (Å²) in [5.41, 5.74) is 2.01. The molecule has 0 saturated carbocycles. The smallest absolute Gasteiger partial charge is 0.326 e. The summed E-state index contributed by atoms with van der Waals surface area (Å²) in [4.78, 5) is 42.5. The topological polar surface area (TPSA) is 96.8 Å². The van der Waals surface area contributed by atoms with E-state index in [1.807, 2.05) is 24.3 Å². The van der Waals surface area contributed by atoms with Gasteiger partial charge in [0.15, 0.2) is 5.78 Å². The van der Waals surface area contributed by atoms with Gasteiger partial charge < -0.3 is 10.3 Å². The molecule has 0 saturated heterocycles. The van der Waals surface area contributed by atoms with Crippen LogP contribution in [0.2, 0.25) is 0 Å². The summed E-state index contributed by atoms with van der Waals surface area (Å²) in [6.07, 6.45) is 4.02. The van der Waals surface area contributed by atoms with Crippen LogP contribution < -0.4 is 11.0 Å². The third-order valence-corrected chi connectivity index (χ3v) is 4.12. The minimum Gasteiger partial charge on any atom is -0.356 e. The molecule has 0 fully saturated rings. The van der Waals surface area contributed by atoms with E-state index in [0.717, 1.165) is 11.0 Å². The minimum absolute atomic E-state index is 0.0985. The molecule has 0 aliphatic carbocycles. The summed E-state index contributed by atoms with van der Waals surface area (Å²) in [6, 6.07) is 10.9. The first-order valence-corrected chi connectivity index (χ1v) is 8.52. The first kappa shape index (κ1) is 17.6. The number of rotatable bonds is 8. The zero-order valence-corrected chi connectivity index (χ0v) is 14.3. The van der Waals surface area contributed by atoms with E-state index in [1.54, 1.807) is 22.9 Å². The third-order valence-electron chi connectivity index (χ3n) is 4.12. The van der Waals surface area contributed by atoms with Crippen LogP contribution in [0.25, 0.3) is 11.0 Å². The molecule has 0 bridgehead atoms. The number of pyridine rings is 1. The van der Waals surface area contributed by atoms with Crippen LogP contribution in [0.5, 0.6) is 0 Å². The Balaban J connectivity index is 1.42. The number of aromatic amines is 1. The van der Waals surface area contributed by atoms with Gasteiger partial charge in [-0.1, -0.05) is 12.1 Å². The lowest BCUT2D eigenvalue weighted by molar-refractivity contribution is -0.121. The second-order valence-electron chi connectivity index (χ2n) is 5.97. The fraction of sp³-hybridized carbons (Fsp3) is 0.263. The molecular formula is C19H20N4O3. The van der Waals surface area contributed by atoms with Crippen LogP contribution in [0.1, 0.15) is 29.6 Å². The normalized spacial score (nSPS) is 10.8. The van der Waals surface area contributed by atoms with Crippen LogP contribution >= 0.6 is 0 Å². The molecule has 134 valence electrons. The van der Waals surface area contributed by atoms with E-state index in [2.05, 4.69) is 15.3 Å². The Morgan fingerprint density at radius 2 is 1.96 bits per heavy atom. The van der Waals surface area contributed by atoms with Crippen LogP contribution in [-0.2, 0) is 11.3 Å². The molecule has 7 heteroatoms. The van der Waals surface area contributed by atoms with Crippen molar-refractivity contribution in [2.75, 3.05) is 6.54 Å². The van der Waals surface area contributed by atoms with Gasteiger partial charge >= 0.3 is 5.69 Å². The number of hydrogen-bond acceptors (Lipinski definition) is 4. The number of nitrogens with one attached hydrogen (secondary N) is 2. The summed E-state index contributed by atoms with van der Waals surface area (Å²) in [5.74, 6) is -0.271. The Labute approximate surface area is 150 Å². The predicted molar refractivity (Wildman–Crippen MR) is 98.0 cm³/mol. The van der Waals surface area contributed by atoms with Crippen molar-refractivity contribution in [3.63, 3.8) is 0 Å². The van der Waals surface area contributed by atoms with Crippen molar-refractivity contribution in [1.82, 2.24) is 19.9 Å². The average molecular weight is 352 g/mol. The van der Waals surface area contributed by atoms with E-state index in [-0.39, 0.29) is 30.2 Å². The molecule has 26 heavy (non-hydrogen) atoms. The summed E-state index contributed by atoms with van der Waals surface area (Å²) in [7, 11) is 0. The first-order valence-electron chi connectivity index (χ1n) is 8.52. The number of carbonyl (C=O) groups excluding carboxylic acids is 2. The second-order valence-corrected chi connectivity index (χ2v) is 5.97. The summed E-state index contributed by atoms with van der Waals surface area (Å²) >= 11 is 0. The Morgan fingerprint density at radius 1 is 1.12 bits per heavy atom. The molecule has 3 aromatic rings. The van der Waals surface area contributed by atoms with E-state index in [1.165, 1.54) is 6.20 Å². The molecule has 1 aromatic carbocycles. The van der Waals surface area contributed by atoms with E-state index in [9.17, 15) is 14.4 Å². The van der Waals surface area contributed by atoms with Crippen molar-refractivity contribution in [1.29, 1.82) is 0 Å². The molecule has 0 unspecified atom stereocenters. The van der Waals surface area contributed by atoms with E-state index in [4.69, 9.17) is 0 Å². The summed E-state index contributed by atoms with van der Waals surface area (Å²) < 4.78 is 1.66. The molecule has 2 N–H and O–H groups in total. The monoisotopic (exact) mass is 352 g/mol. The van der Waals surface area contributed by atoms with Crippen molar-refractivity contribution >= 4 is 22.7 Å². The molecule has 0 aliphatic heterocycles. The van der Waals surface area contributed by atoms with Crippen LogP contribution in [0.3, 0.4) is 0 Å². The highest BCUT2D eigenvalue weighted by Gasteiger charge is 2.09. The van der Waals surface area contributed by atoms with Gasteiger partial charge in [0.25, 0.3) is 0 Å². The fourth-order valence-corrected chi connectivity index (χ4v) is 2.78. The van der Waals surface area contributed by atoms with Crippen LogP contribution in [-0.4, -0.2) is 32.8 Å². The number of fused-ring (bicyclic) bond motifs is 1. The number of nitrogens with zero attached hydrogens (tertiary/aromatic N) is 2. The SMILES string of the molecule is O=C(CCC(=O)c1cccnc1)NCCCn1c(=O)[nH]c2ccccc21. The van der Waals surface area contributed by atoms with Crippen molar-refractivity contribution in [3.8, 4) is 0 Å². The van der Waals surface area contributed by atoms with Crippen molar-refractivity contribution in [2.24, 2.45) is 0 Å². The highest BCUT2D eigenvalue weighted by molar-refractivity contribution is 5.97. The maximum absolute atomic E-state index is 12.0. The molecule has 0 spiro atoms. The number of aryl methyl sites for hydroxylation is 1. The molecule has 1 amide bonds. The number of para-hydroxylation sites is 2. The number of Topliss-reactive ketones (excluding diaryl/α,β-unsaturated/α-hetero) is 1. The van der Waals surface area contributed by atoms with Gasteiger partial charge in [0.2, 0.25) is 5.91 Å². The van der Waals surface area contributed by atoms with E-state index < -0.39 is 0 Å². The molecule has 0 radical (unpaired) electrons. The maximum Gasteiger partial charge on any atom is 0.326 e. The highest BCUT2D eigenvalue weighted by Crippen LogP contribution is 2.09. The van der Waals surface area contributed by atoms with Crippen molar-refractivity contribution in [2.45, 2.75) is 25.8 Å². The van der Waals surface area contributed by atoms with Gasteiger partial charge in [0.1, 0.15) is 0 Å². The second kappa shape index (κ2) is 8.24. The average Bonchev–Trinajstić information content (AvgIpc) is 2.99. The lowest BCUT2D eigenvalue weighted by Gasteiger charge is -2.06. The minimum atomic E-state index is -0.173. The molecule has 2 heterocycles. The van der Waals surface area contributed by atoms with Crippen molar-refractivity contribution in [3.05, 3.63) is 64.8 Å². The van der Waals surface area contributed by atoms with Gasteiger partial charge in [-0.25, -0.2) is 4.79 Å². The predicted octanol–water partition coefficient (Wildman–Crippen LogP) is 1.89. The fourth-order valence-electron chi connectivity index (χ4n) is 2.78. The molecular weight excluding hydrogens is 332 g/mol. The summed E-state index contributed by atoms with van der Waals surface area (Å²) in [5, 5.41) is 2.79. The van der Waals surface area contributed by atoms with E-state index in [0.29, 0.717) is 25.1 Å². The number of ketones is 1. The Bertz CT molecular complexity index is 960. The van der Waals surface area contributed by atoms with Gasteiger partial charge in [-0.05, 0) is 30.7 Å². The molecule has 3 rings (SSSR count). The lowest BCUT2D eigenvalue weighted by Crippen LogP contribution is -2.26. The van der Waals surface area contributed by atoms with Crippen LogP contribution in [0.15, 0.2) is 53.6 Å². The van der Waals surface area contributed by atoms with Crippen molar-refractivity contribution < 1.29 is 9.59 Å². The van der Waals surface area contributed by atoms with Gasteiger partial charge in [0, 0.05) is 43.9 Å². The van der Waals surface area contributed by atoms with Gasteiger partial charge in [-0.2, -0.15) is 0 Å². The van der Waals surface area contributed by atoms with Crippen LogP contribution in [0, 0.1) is 0 Å². The highest BCUT2D eigenvalue weighted by atomic mass is 16.2. The molecule has 0 atom stereocenters. The number of aromatic nitrogens is 3.